The van der Waals surface area contributed by atoms with Crippen LogP contribution in [0.1, 0.15) is 39.4 Å². The monoisotopic (exact) mass is 479 g/mol. The van der Waals surface area contributed by atoms with Gasteiger partial charge in [0.2, 0.25) is 0 Å². The molecule has 0 fully saturated rings. The minimum absolute atomic E-state index is 0.162. The van der Waals surface area contributed by atoms with Gasteiger partial charge in [0.05, 0.1) is 6.04 Å². The topological polar surface area (TPSA) is 76.1 Å². The molecule has 34 heavy (non-hydrogen) atoms. The fourth-order valence-corrected chi connectivity index (χ4v) is 4.47. The maximum atomic E-state index is 13.4. The first-order valence-corrected chi connectivity index (χ1v) is 11.4. The van der Waals surface area contributed by atoms with Crippen molar-refractivity contribution in [2.75, 3.05) is 13.2 Å². The second-order valence-electron chi connectivity index (χ2n) is 8.32. The smallest absolute Gasteiger partial charge is 0.410 e. The van der Waals surface area contributed by atoms with E-state index in [9.17, 15) is 9.59 Å². The van der Waals surface area contributed by atoms with Gasteiger partial charge in [-0.1, -0.05) is 54.1 Å². The number of rotatable bonds is 6. The van der Waals surface area contributed by atoms with E-state index in [2.05, 4.69) is 0 Å². The third-order valence-corrected chi connectivity index (χ3v) is 6.44. The lowest BCUT2D eigenvalue weighted by atomic mass is 9.88. The Morgan fingerprint density at radius 2 is 1.85 bits per heavy atom. The summed E-state index contributed by atoms with van der Waals surface area (Å²) < 4.78 is 11.3. The van der Waals surface area contributed by atoms with Gasteiger partial charge in [0.1, 0.15) is 12.4 Å². The van der Waals surface area contributed by atoms with Gasteiger partial charge in [-0.3, -0.25) is 4.90 Å². The molecule has 6 nitrogen and oxygen atoms in total. The van der Waals surface area contributed by atoms with Gasteiger partial charge in [-0.15, -0.1) is 0 Å². The van der Waals surface area contributed by atoms with E-state index in [0.717, 1.165) is 27.8 Å². The van der Waals surface area contributed by atoms with Gasteiger partial charge >= 0.3 is 12.1 Å². The minimum atomic E-state index is -1.09. The zero-order valence-corrected chi connectivity index (χ0v) is 19.8. The highest BCUT2D eigenvalue weighted by atomic mass is 35.5. The van der Waals surface area contributed by atoms with Crippen LogP contribution in [0.25, 0.3) is 0 Å². The number of hydrogen-bond acceptors (Lipinski definition) is 4. The minimum Gasteiger partial charge on any atom is -0.482 e. The van der Waals surface area contributed by atoms with E-state index in [1.807, 2.05) is 56.3 Å². The number of carboxylic acid groups (broad SMARTS) is 1. The standard InChI is InChI=1S/C27H26ClNO5/c1-17-6-5-8-20(18(17)2)15-34-27(32)29-13-12-19-7-3-4-9-22(19)26(29)23-14-21(28)10-11-24(23)33-16-25(30)31/h3-11,14,26H,12-13,15-16H2,1-2H3,(H,30,31). The zero-order valence-electron chi connectivity index (χ0n) is 19.1. The molecule has 1 amide bonds. The predicted molar refractivity (Wildman–Crippen MR) is 129 cm³/mol. The van der Waals surface area contributed by atoms with Crippen molar-refractivity contribution in [1.82, 2.24) is 4.90 Å². The first-order chi connectivity index (χ1) is 16.3. The molecule has 0 spiro atoms. The Hall–Kier alpha value is -3.51. The lowest BCUT2D eigenvalue weighted by molar-refractivity contribution is -0.139. The summed E-state index contributed by atoms with van der Waals surface area (Å²) >= 11 is 6.32. The van der Waals surface area contributed by atoms with Crippen LogP contribution in [-0.4, -0.2) is 35.2 Å². The van der Waals surface area contributed by atoms with Crippen molar-refractivity contribution >= 4 is 23.7 Å². The molecule has 1 aliphatic rings. The lowest BCUT2D eigenvalue weighted by Crippen LogP contribution is -2.41. The van der Waals surface area contributed by atoms with E-state index in [1.165, 1.54) is 0 Å². The van der Waals surface area contributed by atoms with E-state index >= 15 is 0 Å². The maximum absolute atomic E-state index is 13.4. The number of hydrogen-bond donors (Lipinski definition) is 1. The van der Waals surface area contributed by atoms with Gasteiger partial charge < -0.3 is 14.6 Å². The normalized spacial score (nSPS) is 14.9. The Kier molecular flexibility index (Phi) is 7.08. The molecule has 0 saturated heterocycles. The summed E-state index contributed by atoms with van der Waals surface area (Å²) in [6, 6.07) is 18.3. The van der Waals surface area contributed by atoms with Gasteiger partial charge in [-0.2, -0.15) is 0 Å². The highest BCUT2D eigenvalue weighted by Crippen LogP contribution is 2.40. The number of carbonyl (C=O) groups is 2. The summed E-state index contributed by atoms with van der Waals surface area (Å²) in [5.74, 6) is -0.726. The van der Waals surface area contributed by atoms with Crippen LogP contribution in [0.4, 0.5) is 4.79 Å². The van der Waals surface area contributed by atoms with Crippen LogP contribution in [0.3, 0.4) is 0 Å². The second kappa shape index (κ2) is 10.2. The maximum Gasteiger partial charge on any atom is 0.410 e. The van der Waals surface area contributed by atoms with Gasteiger partial charge in [-0.25, -0.2) is 9.59 Å². The predicted octanol–water partition coefficient (Wildman–Crippen LogP) is 5.70. The average Bonchev–Trinajstić information content (AvgIpc) is 2.83. The van der Waals surface area contributed by atoms with Crippen LogP contribution in [-0.2, 0) is 22.6 Å². The molecule has 3 aromatic carbocycles. The molecule has 1 unspecified atom stereocenters. The van der Waals surface area contributed by atoms with Gasteiger partial charge in [0.25, 0.3) is 0 Å². The number of aryl methyl sites for hydroxylation is 1. The molecule has 0 aromatic heterocycles. The molecule has 7 heteroatoms. The molecule has 1 heterocycles. The van der Waals surface area contributed by atoms with Gasteiger partial charge in [0, 0.05) is 17.1 Å². The number of ether oxygens (including phenoxy) is 2. The fraction of sp³-hybridized carbons (Fsp3) is 0.259. The Labute approximate surface area is 203 Å². The van der Waals surface area contributed by atoms with Crippen LogP contribution < -0.4 is 4.74 Å². The Morgan fingerprint density at radius 3 is 2.65 bits per heavy atom. The molecule has 0 bridgehead atoms. The van der Waals surface area contributed by atoms with Crippen molar-refractivity contribution < 1.29 is 24.2 Å². The van der Waals surface area contributed by atoms with Crippen LogP contribution in [0.15, 0.2) is 60.7 Å². The number of halogens is 1. The van der Waals surface area contributed by atoms with E-state index < -0.39 is 24.7 Å². The van der Waals surface area contributed by atoms with Crippen molar-refractivity contribution in [2.24, 2.45) is 0 Å². The van der Waals surface area contributed by atoms with Gasteiger partial charge in [-0.05, 0) is 66.3 Å². The Morgan fingerprint density at radius 1 is 1.06 bits per heavy atom. The summed E-state index contributed by atoms with van der Waals surface area (Å²) in [5, 5.41) is 9.58. The number of carboxylic acids is 1. The first-order valence-electron chi connectivity index (χ1n) is 11.1. The SMILES string of the molecule is Cc1cccc(COC(=O)N2CCc3ccccc3C2c2cc(Cl)ccc2OCC(=O)O)c1C. The summed E-state index contributed by atoms with van der Waals surface area (Å²) in [6.07, 6.45) is 0.224. The van der Waals surface area contributed by atoms with Crippen LogP contribution in [0.5, 0.6) is 5.75 Å². The van der Waals surface area contributed by atoms with Crippen LogP contribution in [0.2, 0.25) is 5.02 Å². The Bertz CT molecular complexity index is 1230. The highest BCUT2D eigenvalue weighted by molar-refractivity contribution is 6.30. The van der Waals surface area contributed by atoms with Crippen LogP contribution >= 0.6 is 11.6 Å². The van der Waals surface area contributed by atoms with Crippen molar-refractivity contribution in [3.63, 3.8) is 0 Å². The van der Waals surface area contributed by atoms with Crippen molar-refractivity contribution in [3.05, 3.63) is 99.1 Å². The molecule has 1 aliphatic heterocycles. The quantitative estimate of drug-likeness (QED) is 0.490. The third-order valence-electron chi connectivity index (χ3n) is 6.20. The molecule has 1 atom stereocenters. The molecule has 176 valence electrons. The van der Waals surface area contributed by atoms with E-state index in [1.54, 1.807) is 23.1 Å². The number of carbonyl (C=O) groups excluding carboxylic acids is 1. The number of benzene rings is 3. The summed E-state index contributed by atoms with van der Waals surface area (Å²) in [5.41, 5.74) is 5.84. The molecule has 0 radical (unpaired) electrons. The molecule has 1 N–H and O–H groups in total. The van der Waals surface area contributed by atoms with Crippen LogP contribution in [0, 0.1) is 13.8 Å². The molecule has 3 aromatic rings. The molecular weight excluding hydrogens is 454 g/mol. The molecule has 0 aliphatic carbocycles. The highest BCUT2D eigenvalue weighted by Gasteiger charge is 2.35. The summed E-state index contributed by atoms with van der Waals surface area (Å²) in [6.45, 7) is 4.14. The average molecular weight is 480 g/mol. The van der Waals surface area contributed by atoms with Crippen molar-refractivity contribution in [2.45, 2.75) is 32.9 Å². The fourth-order valence-electron chi connectivity index (χ4n) is 4.29. The number of amides is 1. The molecule has 0 saturated carbocycles. The Balaban J connectivity index is 1.69. The summed E-state index contributed by atoms with van der Waals surface area (Å²) in [7, 11) is 0. The van der Waals surface area contributed by atoms with Gasteiger partial charge in [0.15, 0.2) is 6.61 Å². The summed E-state index contributed by atoms with van der Waals surface area (Å²) in [4.78, 5) is 26.2. The van der Waals surface area contributed by atoms with E-state index in [0.29, 0.717) is 29.3 Å². The first kappa shape index (κ1) is 23.6. The number of aliphatic carboxylic acids is 1. The lowest BCUT2D eigenvalue weighted by Gasteiger charge is -2.37. The van der Waals surface area contributed by atoms with E-state index in [-0.39, 0.29) is 6.61 Å². The second-order valence-corrected chi connectivity index (χ2v) is 8.76. The van der Waals surface area contributed by atoms with Crippen molar-refractivity contribution in [1.29, 1.82) is 0 Å². The number of fused-ring (bicyclic) bond motifs is 1. The number of nitrogens with zero attached hydrogens (tertiary/aromatic N) is 1. The molecule has 4 rings (SSSR count). The largest absolute Gasteiger partial charge is 0.482 e. The molecular formula is C27H26ClNO5. The third kappa shape index (κ3) is 5.02. The zero-order chi connectivity index (χ0) is 24.2. The van der Waals surface area contributed by atoms with E-state index in [4.69, 9.17) is 26.2 Å². The van der Waals surface area contributed by atoms with Crippen molar-refractivity contribution in [3.8, 4) is 5.75 Å².